The summed E-state index contributed by atoms with van der Waals surface area (Å²) in [5.41, 5.74) is 1.82. The molecule has 1 N–H and O–H groups in total. The van der Waals surface area contributed by atoms with Gasteiger partial charge in [0.15, 0.2) is 0 Å². The van der Waals surface area contributed by atoms with Crippen molar-refractivity contribution >= 4 is 34.2 Å². The maximum Gasteiger partial charge on any atom is 0.254 e. The van der Waals surface area contributed by atoms with Gasteiger partial charge in [-0.05, 0) is 24.6 Å². The fraction of sp³-hybridized carbons (Fsp3) is 0.417. The molecular weight excluding hydrogens is 304 g/mol. The van der Waals surface area contributed by atoms with Gasteiger partial charge in [-0.2, -0.15) is 0 Å². The van der Waals surface area contributed by atoms with Crippen LogP contribution in [0.3, 0.4) is 0 Å². The van der Waals surface area contributed by atoms with E-state index >= 15 is 0 Å². The second kappa shape index (κ2) is 6.38. The minimum atomic E-state index is 0. The Bertz CT molecular complexity index is 405. The van der Waals surface area contributed by atoms with E-state index in [1.54, 1.807) is 0 Å². The van der Waals surface area contributed by atoms with Gasteiger partial charge < -0.3 is 10.2 Å². The Morgan fingerprint density at radius 1 is 1.35 bits per heavy atom. The largest absolute Gasteiger partial charge is 0.336 e. The molecule has 0 atom stereocenters. The Labute approximate surface area is 116 Å². The van der Waals surface area contributed by atoms with E-state index in [2.05, 4.69) is 21.2 Å². The molecule has 1 aliphatic rings. The highest BCUT2D eigenvalue weighted by Gasteiger charge is 2.19. The van der Waals surface area contributed by atoms with Crippen LogP contribution in [0.15, 0.2) is 22.7 Å². The molecule has 0 bridgehead atoms. The smallest absolute Gasteiger partial charge is 0.254 e. The Kier molecular flexibility index (Phi) is 5.43. The second-order valence-electron chi connectivity index (χ2n) is 3.95. The van der Waals surface area contributed by atoms with Crippen LogP contribution in [0, 0.1) is 6.92 Å². The minimum absolute atomic E-state index is 0. The van der Waals surface area contributed by atoms with E-state index in [1.165, 1.54) is 0 Å². The van der Waals surface area contributed by atoms with Gasteiger partial charge in [-0.25, -0.2) is 0 Å². The summed E-state index contributed by atoms with van der Waals surface area (Å²) in [5.74, 6) is 0.139. The summed E-state index contributed by atoms with van der Waals surface area (Å²) >= 11 is 3.46. The van der Waals surface area contributed by atoms with Crippen molar-refractivity contribution in [2.75, 3.05) is 26.2 Å². The van der Waals surface area contributed by atoms with Crippen LogP contribution in [-0.2, 0) is 0 Å². The Morgan fingerprint density at radius 2 is 2.00 bits per heavy atom. The number of carbonyl (C=O) groups is 1. The van der Waals surface area contributed by atoms with Gasteiger partial charge in [-0.15, -0.1) is 12.4 Å². The maximum absolute atomic E-state index is 12.3. The maximum atomic E-state index is 12.3. The van der Waals surface area contributed by atoms with Gasteiger partial charge in [0.25, 0.3) is 5.91 Å². The number of amides is 1. The predicted octanol–water partition coefficient (Wildman–Crippen LogP) is 2.22. The summed E-state index contributed by atoms with van der Waals surface area (Å²) in [6, 6.07) is 5.76. The van der Waals surface area contributed by atoms with Crippen LogP contribution in [0.4, 0.5) is 0 Å². The monoisotopic (exact) mass is 318 g/mol. The number of rotatable bonds is 1. The van der Waals surface area contributed by atoms with Gasteiger partial charge in [0.1, 0.15) is 0 Å². The van der Waals surface area contributed by atoms with Crippen molar-refractivity contribution < 1.29 is 4.79 Å². The van der Waals surface area contributed by atoms with E-state index in [9.17, 15) is 4.79 Å². The molecule has 17 heavy (non-hydrogen) atoms. The molecule has 3 nitrogen and oxygen atoms in total. The zero-order valence-corrected chi connectivity index (χ0v) is 12.1. The summed E-state index contributed by atoms with van der Waals surface area (Å²) in [4.78, 5) is 14.2. The summed E-state index contributed by atoms with van der Waals surface area (Å²) in [5, 5.41) is 3.24. The molecule has 0 aromatic heterocycles. The molecule has 1 amide bonds. The topological polar surface area (TPSA) is 32.3 Å². The third-order valence-electron chi connectivity index (χ3n) is 2.90. The van der Waals surface area contributed by atoms with Crippen molar-refractivity contribution in [1.29, 1.82) is 0 Å². The van der Waals surface area contributed by atoms with E-state index in [0.717, 1.165) is 41.8 Å². The fourth-order valence-electron chi connectivity index (χ4n) is 1.88. The molecule has 2 rings (SSSR count). The quantitative estimate of drug-likeness (QED) is 0.861. The highest BCUT2D eigenvalue weighted by molar-refractivity contribution is 9.10. The molecule has 5 heteroatoms. The molecule has 0 saturated carbocycles. The van der Waals surface area contributed by atoms with E-state index in [4.69, 9.17) is 0 Å². The van der Waals surface area contributed by atoms with Crippen LogP contribution in [0.1, 0.15) is 15.9 Å². The predicted molar refractivity (Wildman–Crippen MR) is 74.9 cm³/mol. The molecular formula is C12H16BrClN2O. The number of hydrogen-bond acceptors (Lipinski definition) is 2. The highest BCUT2D eigenvalue weighted by Crippen LogP contribution is 2.20. The fourth-order valence-corrected chi connectivity index (χ4v) is 2.24. The van der Waals surface area contributed by atoms with Crippen LogP contribution in [0.5, 0.6) is 0 Å². The van der Waals surface area contributed by atoms with Gasteiger partial charge in [0.2, 0.25) is 0 Å². The van der Waals surface area contributed by atoms with Crippen LogP contribution >= 0.6 is 28.3 Å². The lowest BCUT2D eigenvalue weighted by molar-refractivity contribution is 0.0735. The van der Waals surface area contributed by atoms with Crippen LogP contribution in [0.25, 0.3) is 0 Å². The lowest BCUT2D eigenvalue weighted by atomic mass is 10.1. The molecule has 1 aromatic carbocycles. The Hall–Kier alpha value is -0.580. The normalized spacial score (nSPS) is 15.3. The standard InChI is InChI=1S/C12H15BrN2O.ClH/c1-9-10(3-2-4-11(9)13)12(16)15-7-5-14-6-8-15;/h2-4,14H,5-8H2,1H3;1H. The second-order valence-corrected chi connectivity index (χ2v) is 4.81. The number of hydrogen-bond donors (Lipinski definition) is 1. The number of carbonyl (C=O) groups excluding carboxylic acids is 1. The number of nitrogens with one attached hydrogen (secondary N) is 1. The number of nitrogens with zero attached hydrogens (tertiary/aromatic N) is 1. The zero-order valence-electron chi connectivity index (χ0n) is 9.70. The molecule has 1 aliphatic heterocycles. The van der Waals surface area contributed by atoms with Gasteiger partial charge >= 0.3 is 0 Å². The van der Waals surface area contributed by atoms with Gasteiger partial charge in [-0.3, -0.25) is 4.79 Å². The first kappa shape index (κ1) is 14.5. The number of piperazine rings is 1. The van der Waals surface area contributed by atoms with E-state index in [-0.39, 0.29) is 18.3 Å². The molecule has 0 unspecified atom stereocenters. The van der Waals surface area contributed by atoms with Crippen molar-refractivity contribution in [2.24, 2.45) is 0 Å². The zero-order chi connectivity index (χ0) is 11.5. The number of benzene rings is 1. The first-order valence-corrected chi connectivity index (χ1v) is 6.24. The lowest BCUT2D eigenvalue weighted by Gasteiger charge is -2.28. The van der Waals surface area contributed by atoms with E-state index < -0.39 is 0 Å². The van der Waals surface area contributed by atoms with Crippen molar-refractivity contribution in [3.05, 3.63) is 33.8 Å². The first-order chi connectivity index (χ1) is 7.70. The molecule has 1 saturated heterocycles. The van der Waals surface area contributed by atoms with Gasteiger partial charge in [-0.1, -0.05) is 22.0 Å². The lowest BCUT2D eigenvalue weighted by Crippen LogP contribution is -2.46. The van der Waals surface area contributed by atoms with Crippen molar-refractivity contribution in [1.82, 2.24) is 10.2 Å². The molecule has 94 valence electrons. The number of halogens is 2. The average molecular weight is 320 g/mol. The first-order valence-electron chi connectivity index (χ1n) is 5.45. The van der Waals surface area contributed by atoms with Crippen LogP contribution in [0.2, 0.25) is 0 Å². The SMILES string of the molecule is Cc1c(Br)cccc1C(=O)N1CCNCC1.Cl. The third-order valence-corrected chi connectivity index (χ3v) is 3.76. The molecule has 0 spiro atoms. The summed E-state index contributed by atoms with van der Waals surface area (Å²) in [6.07, 6.45) is 0. The molecule has 0 aliphatic carbocycles. The van der Waals surface area contributed by atoms with Crippen molar-refractivity contribution in [2.45, 2.75) is 6.92 Å². The summed E-state index contributed by atoms with van der Waals surface area (Å²) in [6.45, 7) is 5.34. The molecule has 1 fully saturated rings. The molecule has 0 radical (unpaired) electrons. The highest BCUT2D eigenvalue weighted by atomic mass is 79.9. The van der Waals surface area contributed by atoms with Crippen LogP contribution < -0.4 is 5.32 Å². The van der Waals surface area contributed by atoms with Crippen LogP contribution in [-0.4, -0.2) is 37.0 Å². The van der Waals surface area contributed by atoms with Crippen molar-refractivity contribution in [3.63, 3.8) is 0 Å². The Morgan fingerprint density at radius 3 is 2.65 bits per heavy atom. The third kappa shape index (κ3) is 3.21. The van der Waals surface area contributed by atoms with E-state index in [1.807, 2.05) is 30.0 Å². The summed E-state index contributed by atoms with van der Waals surface area (Å²) in [7, 11) is 0. The van der Waals surface area contributed by atoms with Gasteiger partial charge in [0.05, 0.1) is 0 Å². The molecule has 1 heterocycles. The van der Waals surface area contributed by atoms with E-state index in [0.29, 0.717) is 0 Å². The van der Waals surface area contributed by atoms with Gasteiger partial charge in [0, 0.05) is 36.2 Å². The summed E-state index contributed by atoms with van der Waals surface area (Å²) < 4.78 is 0.994. The van der Waals surface area contributed by atoms with Crippen molar-refractivity contribution in [3.8, 4) is 0 Å². The Balaban J connectivity index is 0.00000144. The average Bonchev–Trinajstić information content (AvgIpc) is 2.33. The minimum Gasteiger partial charge on any atom is -0.336 e. The molecule has 1 aromatic rings.